The molecule has 2 heterocycles. The lowest BCUT2D eigenvalue weighted by molar-refractivity contribution is 0.0950. The number of carbonyl (C=O) groups is 1. The van der Waals surface area contributed by atoms with E-state index < -0.39 is 0 Å². The number of rotatable bonds is 4. The van der Waals surface area contributed by atoms with Crippen molar-refractivity contribution in [1.29, 1.82) is 0 Å². The van der Waals surface area contributed by atoms with Crippen molar-refractivity contribution >= 4 is 11.6 Å². The summed E-state index contributed by atoms with van der Waals surface area (Å²) in [4.78, 5) is 14.7. The maximum atomic E-state index is 12.4. The fourth-order valence-electron chi connectivity index (χ4n) is 3.36. The fourth-order valence-corrected chi connectivity index (χ4v) is 3.36. The Hall–Kier alpha value is -2.53. The molecule has 2 aromatic carbocycles. The van der Waals surface area contributed by atoms with Crippen LogP contribution in [0.4, 0.5) is 5.69 Å². The number of morpholine rings is 1. The van der Waals surface area contributed by atoms with Crippen molar-refractivity contribution in [3.63, 3.8) is 0 Å². The van der Waals surface area contributed by atoms with Gasteiger partial charge < -0.3 is 19.7 Å². The number of benzene rings is 2. The van der Waals surface area contributed by atoms with Gasteiger partial charge in [-0.1, -0.05) is 18.2 Å². The molecule has 2 aliphatic rings. The molecule has 0 aromatic heterocycles. The summed E-state index contributed by atoms with van der Waals surface area (Å²) in [6, 6.07) is 15.8. The Bertz CT molecular complexity index is 739. The topological polar surface area (TPSA) is 50.8 Å². The van der Waals surface area contributed by atoms with Crippen LogP contribution in [0.25, 0.3) is 0 Å². The molecule has 130 valence electrons. The van der Waals surface area contributed by atoms with Crippen LogP contribution in [-0.4, -0.2) is 45.4 Å². The lowest BCUT2D eigenvalue weighted by Crippen LogP contribution is -2.36. The van der Waals surface area contributed by atoms with Gasteiger partial charge in [-0.2, -0.15) is 0 Å². The molecule has 1 N–H and O–H groups in total. The highest BCUT2D eigenvalue weighted by molar-refractivity contribution is 5.94. The molecule has 1 amide bonds. The number of amides is 1. The smallest absolute Gasteiger partial charge is 0.251 e. The van der Waals surface area contributed by atoms with Crippen LogP contribution in [0.2, 0.25) is 0 Å². The first-order chi connectivity index (χ1) is 12.3. The molecule has 2 aromatic rings. The summed E-state index contributed by atoms with van der Waals surface area (Å²) in [6.45, 7) is 4.51. The van der Waals surface area contributed by atoms with Gasteiger partial charge in [0.1, 0.15) is 5.75 Å². The Kier molecular flexibility index (Phi) is 4.57. The summed E-state index contributed by atoms with van der Waals surface area (Å²) in [5, 5.41) is 3.03. The normalized spacial score (nSPS) is 19.2. The van der Waals surface area contributed by atoms with E-state index in [1.165, 1.54) is 5.56 Å². The summed E-state index contributed by atoms with van der Waals surface area (Å²) in [5.74, 6) is 1.10. The van der Waals surface area contributed by atoms with Crippen molar-refractivity contribution in [3.05, 3.63) is 59.7 Å². The van der Waals surface area contributed by atoms with E-state index in [-0.39, 0.29) is 11.8 Å². The number of fused-ring (bicyclic) bond motifs is 1. The Balaban J connectivity index is 1.35. The quantitative estimate of drug-likeness (QED) is 0.930. The van der Waals surface area contributed by atoms with Gasteiger partial charge in [0.25, 0.3) is 5.91 Å². The van der Waals surface area contributed by atoms with Gasteiger partial charge in [-0.05, 0) is 30.3 Å². The zero-order chi connectivity index (χ0) is 17.1. The highest BCUT2D eigenvalue weighted by atomic mass is 16.5. The van der Waals surface area contributed by atoms with Crippen LogP contribution in [0.3, 0.4) is 0 Å². The van der Waals surface area contributed by atoms with E-state index in [0.717, 1.165) is 37.7 Å². The molecule has 5 heteroatoms. The van der Waals surface area contributed by atoms with E-state index in [2.05, 4.69) is 16.3 Å². The van der Waals surface area contributed by atoms with Gasteiger partial charge in [0.05, 0.1) is 19.8 Å². The third-order valence-electron chi connectivity index (χ3n) is 4.81. The first-order valence-corrected chi connectivity index (χ1v) is 8.74. The molecule has 5 nitrogen and oxygen atoms in total. The van der Waals surface area contributed by atoms with Crippen LogP contribution in [0.15, 0.2) is 48.5 Å². The molecule has 0 aliphatic carbocycles. The Labute approximate surface area is 147 Å². The zero-order valence-electron chi connectivity index (χ0n) is 14.1. The molecule has 1 saturated heterocycles. The van der Waals surface area contributed by atoms with Crippen LogP contribution < -0.4 is 15.0 Å². The van der Waals surface area contributed by atoms with Crippen molar-refractivity contribution < 1.29 is 14.3 Å². The highest BCUT2D eigenvalue weighted by Gasteiger charge is 2.24. The minimum Gasteiger partial charge on any atom is -0.493 e. The van der Waals surface area contributed by atoms with E-state index in [1.807, 2.05) is 42.5 Å². The number of ether oxygens (including phenoxy) is 2. The minimum absolute atomic E-state index is 0.0436. The van der Waals surface area contributed by atoms with Crippen molar-refractivity contribution in [2.24, 2.45) is 0 Å². The molecule has 2 aliphatic heterocycles. The van der Waals surface area contributed by atoms with Gasteiger partial charge in [0.2, 0.25) is 0 Å². The zero-order valence-corrected chi connectivity index (χ0v) is 14.1. The summed E-state index contributed by atoms with van der Waals surface area (Å²) >= 11 is 0. The number of anilines is 1. The second-order valence-corrected chi connectivity index (χ2v) is 6.40. The monoisotopic (exact) mass is 338 g/mol. The number of carbonyl (C=O) groups excluding carboxylic acids is 1. The molecule has 0 radical (unpaired) electrons. The van der Waals surface area contributed by atoms with Crippen LogP contribution in [0.5, 0.6) is 5.75 Å². The predicted molar refractivity (Wildman–Crippen MR) is 96.5 cm³/mol. The van der Waals surface area contributed by atoms with Gasteiger partial charge in [0.15, 0.2) is 0 Å². The lowest BCUT2D eigenvalue weighted by atomic mass is 10.0. The average Bonchev–Trinajstić information content (AvgIpc) is 3.10. The molecule has 0 spiro atoms. The SMILES string of the molecule is O=C(NCC1COc2ccccc21)c1ccc(N2CCOCC2)cc1. The second kappa shape index (κ2) is 7.15. The molecule has 0 saturated carbocycles. The Morgan fingerprint density at radius 3 is 2.64 bits per heavy atom. The van der Waals surface area contributed by atoms with Gasteiger partial charge in [-0.3, -0.25) is 4.79 Å². The number of nitrogens with zero attached hydrogens (tertiary/aromatic N) is 1. The first-order valence-electron chi connectivity index (χ1n) is 8.74. The summed E-state index contributed by atoms with van der Waals surface area (Å²) in [6.07, 6.45) is 0. The number of hydrogen-bond acceptors (Lipinski definition) is 4. The van der Waals surface area contributed by atoms with Crippen LogP contribution in [-0.2, 0) is 4.74 Å². The average molecular weight is 338 g/mol. The largest absolute Gasteiger partial charge is 0.493 e. The van der Waals surface area contributed by atoms with Gasteiger partial charge >= 0.3 is 0 Å². The molecule has 1 atom stereocenters. The van der Waals surface area contributed by atoms with E-state index >= 15 is 0 Å². The van der Waals surface area contributed by atoms with Gasteiger partial charge in [0, 0.05) is 42.4 Å². The third-order valence-corrected chi connectivity index (χ3v) is 4.81. The van der Waals surface area contributed by atoms with Crippen molar-refractivity contribution in [2.45, 2.75) is 5.92 Å². The van der Waals surface area contributed by atoms with Crippen molar-refractivity contribution in [2.75, 3.05) is 44.4 Å². The van der Waals surface area contributed by atoms with Crippen LogP contribution in [0, 0.1) is 0 Å². The molecule has 1 unspecified atom stereocenters. The molecular formula is C20H22N2O3. The molecular weight excluding hydrogens is 316 g/mol. The third kappa shape index (κ3) is 3.46. The Morgan fingerprint density at radius 1 is 1.08 bits per heavy atom. The van der Waals surface area contributed by atoms with E-state index in [0.29, 0.717) is 18.7 Å². The lowest BCUT2D eigenvalue weighted by Gasteiger charge is -2.28. The van der Waals surface area contributed by atoms with E-state index in [4.69, 9.17) is 9.47 Å². The molecule has 4 rings (SSSR count). The fraction of sp³-hybridized carbons (Fsp3) is 0.350. The number of hydrogen-bond donors (Lipinski definition) is 1. The van der Waals surface area contributed by atoms with Crippen molar-refractivity contribution in [1.82, 2.24) is 5.32 Å². The molecule has 25 heavy (non-hydrogen) atoms. The summed E-state index contributed by atoms with van der Waals surface area (Å²) < 4.78 is 11.0. The van der Waals surface area contributed by atoms with Gasteiger partial charge in [-0.15, -0.1) is 0 Å². The number of nitrogens with one attached hydrogen (secondary N) is 1. The molecule has 1 fully saturated rings. The first kappa shape index (κ1) is 16.0. The maximum absolute atomic E-state index is 12.4. The summed E-state index contributed by atoms with van der Waals surface area (Å²) in [5.41, 5.74) is 2.99. The highest BCUT2D eigenvalue weighted by Crippen LogP contribution is 2.32. The maximum Gasteiger partial charge on any atom is 0.251 e. The standard InChI is InChI=1S/C20H22N2O3/c23-20(21-13-16-14-25-19-4-2-1-3-18(16)19)15-5-7-17(8-6-15)22-9-11-24-12-10-22/h1-8,16H,9-14H2,(H,21,23). The second-order valence-electron chi connectivity index (χ2n) is 6.40. The Morgan fingerprint density at radius 2 is 1.84 bits per heavy atom. The van der Waals surface area contributed by atoms with Crippen LogP contribution >= 0.6 is 0 Å². The summed E-state index contributed by atoms with van der Waals surface area (Å²) in [7, 11) is 0. The molecule has 0 bridgehead atoms. The van der Waals surface area contributed by atoms with Crippen LogP contribution in [0.1, 0.15) is 21.8 Å². The predicted octanol–water partition coefficient (Wildman–Crippen LogP) is 2.43. The van der Waals surface area contributed by atoms with Crippen molar-refractivity contribution in [3.8, 4) is 5.75 Å². The minimum atomic E-state index is -0.0436. The van der Waals surface area contributed by atoms with E-state index in [1.54, 1.807) is 0 Å². The van der Waals surface area contributed by atoms with E-state index in [9.17, 15) is 4.79 Å². The van der Waals surface area contributed by atoms with Gasteiger partial charge in [-0.25, -0.2) is 0 Å². The number of para-hydroxylation sites is 1.